The van der Waals surface area contributed by atoms with Crippen LogP contribution in [0.1, 0.15) is 12.0 Å². The molecular weight excluding hydrogens is 228 g/mol. The third kappa shape index (κ3) is 3.87. The molecular formula is C12H15F2NO2. The Balaban J connectivity index is 2.64. The first-order valence-corrected chi connectivity index (χ1v) is 5.26. The number of Topliss-reactive ketones (excluding diaryl/α,β-unsaturated/α-hetero) is 1. The first-order chi connectivity index (χ1) is 8.06. The summed E-state index contributed by atoms with van der Waals surface area (Å²) in [5, 5.41) is 0. The van der Waals surface area contributed by atoms with E-state index in [1.54, 1.807) is 0 Å². The van der Waals surface area contributed by atoms with E-state index in [1.807, 2.05) is 0 Å². The molecule has 0 aliphatic heterocycles. The van der Waals surface area contributed by atoms with Crippen LogP contribution in [0.2, 0.25) is 0 Å². The Kier molecular flexibility index (Phi) is 5.18. The molecule has 0 radical (unpaired) electrons. The number of hydrogen-bond acceptors (Lipinski definition) is 3. The first-order valence-electron chi connectivity index (χ1n) is 5.26. The molecule has 0 aromatic heterocycles. The summed E-state index contributed by atoms with van der Waals surface area (Å²) in [6, 6.07) is 3.03. The fraction of sp³-hybridized carbons (Fsp3) is 0.417. The Morgan fingerprint density at radius 3 is 2.82 bits per heavy atom. The van der Waals surface area contributed by atoms with E-state index in [0.717, 1.165) is 6.07 Å². The number of carbonyl (C=O) groups excluding carboxylic acids is 1. The van der Waals surface area contributed by atoms with Gasteiger partial charge in [0.2, 0.25) is 0 Å². The summed E-state index contributed by atoms with van der Waals surface area (Å²) in [6.07, 6.45) is 0.167. The second-order valence-electron chi connectivity index (χ2n) is 3.74. The van der Waals surface area contributed by atoms with Crippen molar-refractivity contribution in [3.8, 4) is 0 Å². The largest absolute Gasteiger partial charge is 0.385 e. The SMILES string of the molecule is COCCC(N)C(=O)Cc1cccc(F)c1F. The maximum absolute atomic E-state index is 13.3. The van der Waals surface area contributed by atoms with Crippen LogP contribution in [0.4, 0.5) is 8.78 Å². The van der Waals surface area contributed by atoms with Gasteiger partial charge in [-0.05, 0) is 18.1 Å². The molecule has 1 aromatic rings. The highest BCUT2D eigenvalue weighted by Gasteiger charge is 2.17. The number of methoxy groups -OCH3 is 1. The predicted molar refractivity (Wildman–Crippen MR) is 59.5 cm³/mol. The second-order valence-corrected chi connectivity index (χ2v) is 3.74. The van der Waals surface area contributed by atoms with E-state index in [-0.39, 0.29) is 17.8 Å². The zero-order valence-electron chi connectivity index (χ0n) is 9.58. The Labute approximate surface area is 98.6 Å². The van der Waals surface area contributed by atoms with Gasteiger partial charge in [-0.2, -0.15) is 0 Å². The van der Waals surface area contributed by atoms with Crippen molar-refractivity contribution in [2.24, 2.45) is 5.73 Å². The number of nitrogens with two attached hydrogens (primary N) is 1. The molecule has 0 amide bonds. The van der Waals surface area contributed by atoms with Gasteiger partial charge in [-0.15, -0.1) is 0 Å². The summed E-state index contributed by atoms with van der Waals surface area (Å²) >= 11 is 0. The molecule has 0 spiro atoms. The predicted octanol–water partition coefficient (Wildman–Crippen LogP) is 1.44. The lowest BCUT2D eigenvalue weighted by atomic mass is 10.0. The van der Waals surface area contributed by atoms with Gasteiger partial charge in [0, 0.05) is 20.1 Å². The monoisotopic (exact) mass is 243 g/mol. The third-order valence-corrected chi connectivity index (χ3v) is 2.44. The van der Waals surface area contributed by atoms with E-state index in [0.29, 0.717) is 13.0 Å². The molecule has 0 aliphatic rings. The zero-order chi connectivity index (χ0) is 12.8. The van der Waals surface area contributed by atoms with Gasteiger partial charge in [-0.25, -0.2) is 8.78 Å². The van der Waals surface area contributed by atoms with E-state index in [4.69, 9.17) is 10.5 Å². The van der Waals surface area contributed by atoms with Crippen molar-refractivity contribution in [2.45, 2.75) is 18.9 Å². The smallest absolute Gasteiger partial charge is 0.162 e. The number of hydrogen-bond donors (Lipinski definition) is 1. The van der Waals surface area contributed by atoms with E-state index in [1.165, 1.54) is 19.2 Å². The maximum atomic E-state index is 13.3. The molecule has 2 N–H and O–H groups in total. The average molecular weight is 243 g/mol. The van der Waals surface area contributed by atoms with Crippen molar-refractivity contribution >= 4 is 5.78 Å². The fourth-order valence-electron chi connectivity index (χ4n) is 1.41. The van der Waals surface area contributed by atoms with Crippen LogP contribution >= 0.6 is 0 Å². The van der Waals surface area contributed by atoms with Crippen LogP contribution in [-0.2, 0) is 16.0 Å². The normalized spacial score (nSPS) is 12.5. The molecule has 0 heterocycles. The van der Waals surface area contributed by atoms with E-state index < -0.39 is 17.7 Å². The van der Waals surface area contributed by atoms with Crippen molar-refractivity contribution < 1.29 is 18.3 Å². The number of ketones is 1. The lowest BCUT2D eigenvalue weighted by Gasteiger charge is -2.10. The molecule has 0 fully saturated rings. The Morgan fingerprint density at radius 1 is 1.47 bits per heavy atom. The summed E-state index contributed by atoms with van der Waals surface area (Å²) in [5.41, 5.74) is 5.62. The van der Waals surface area contributed by atoms with Crippen molar-refractivity contribution in [1.29, 1.82) is 0 Å². The number of ether oxygens (including phenoxy) is 1. The van der Waals surface area contributed by atoms with Crippen LogP contribution in [0.5, 0.6) is 0 Å². The van der Waals surface area contributed by atoms with Crippen molar-refractivity contribution in [3.63, 3.8) is 0 Å². The molecule has 0 saturated heterocycles. The number of halogens is 2. The summed E-state index contributed by atoms with van der Waals surface area (Å²) in [4.78, 5) is 11.6. The molecule has 0 aliphatic carbocycles. The quantitative estimate of drug-likeness (QED) is 0.822. The van der Waals surface area contributed by atoms with Gasteiger partial charge in [-0.3, -0.25) is 4.79 Å². The average Bonchev–Trinajstić information content (AvgIpc) is 2.31. The Morgan fingerprint density at radius 2 is 2.18 bits per heavy atom. The van der Waals surface area contributed by atoms with Crippen molar-refractivity contribution in [2.75, 3.05) is 13.7 Å². The minimum absolute atomic E-state index is 0.0304. The summed E-state index contributed by atoms with van der Waals surface area (Å²) in [7, 11) is 1.50. The fourth-order valence-corrected chi connectivity index (χ4v) is 1.41. The van der Waals surface area contributed by atoms with Gasteiger partial charge < -0.3 is 10.5 Å². The lowest BCUT2D eigenvalue weighted by Crippen LogP contribution is -2.33. The number of rotatable bonds is 6. The standard InChI is InChI=1S/C12H15F2NO2/c1-17-6-5-10(15)11(16)7-8-3-2-4-9(13)12(8)14/h2-4,10H,5-7,15H2,1H3. The van der Waals surface area contributed by atoms with Crippen LogP contribution in [0.25, 0.3) is 0 Å². The maximum Gasteiger partial charge on any atom is 0.162 e. The zero-order valence-corrected chi connectivity index (χ0v) is 9.58. The molecule has 0 bridgehead atoms. The van der Waals surface area contributed by atoms with Crippen LogP contribution < -0.4 is 5.73 Å². The van der Waals surface area contributed by atoms with E-state index in [9.17, 15) is 13.6 Å². The molecule has 1 unspecified atom stereocenters. The molecule has 0 saturated carbocycles. The van der Waals surface area contributed by atoms with Gasteiger partial charge in [-0.1, -0.05) is 12.1 Å². The molecule has 1 aromatic carbocycles. The topological polar surface area (TPSA) is 52.3 Å². The Bertz CT molecular complexity index is 396. The van der Waals surface area contributed by atoms with Crippen molar-refractivity contribution in [3.05, 3.63) is 35.4 Å². The molecule has 94 valence electrons. The highest BCUT2D eigenvalue weighted by atomic mass is 19.2. The minimum atomic E-state index is -0.986. The van der Waals surface area contributed by atoms with Crippen LogP contribution in [0.3, 0.4) is 0 Å². The van der Waals surface area contributed by atoms with Crippen molar-refractivity contribution in [1.82, 2.24) is 0 Å². The van der Waals surface area contributed by atoms with Gasteiger partial charge in [0.1, 0.15) is 0 Å². The van der Waals surface area contributed by atoms with Gasteiger partial charge in [0.05, 0.1) is 6.04 Å². The Hall–Kier alpha value is -1.33. The van der Waals surface area contributed by atoms with Crippen LogP contribution in [-0.4, -0.2) is 25.5 Å². The molecule has 5 heteroatoms. The first kappa shape index (κ1) is 13.7. The third-order valence-electron chi connectivity index (χ3n) is 2.44. The highest BCUT2D eigenvalue weighted by Crippen LogP contribution is 2.12. The number of carbonyl (C=O) groups is 1. The minimum Gasteiger partial charge on any atom is -0.385 e. The second kappa shape index (κ2) is 6.42. The summed E-state index contributed by atoms with van der Waals surface area (Å²) in [6.45, 7) is 0.360. The van der Waals surface area contributed by atoms with Crippen LogP contribution in [0.15, 0.2) is 18.2 Å². The van der Waals surface area contributed by atoms with Crippen LogP contribution in [0, 0.1) is 11.6 Å². The molecule has 1 atom stereocenters. The summed E-state index contributed by atoms with van der Waals surface area (Å²) < 4.78 is 31.0. The lowest BCUT2D eigenvalue weighted by molar-refractivity contribution is -0.120. The van der Waals surface area contributed by atoms with Gasteiger partial charge in [0.25, 0.3) is 0 Å². The molecule has 3 nitrogen and oxygen atoms in total. The van der Waals surface area contributed by atoms with Gasteiger partial charge in [0.15, 0.2) is 17.4 Å². The summed E-state index contributed by atoms with van der Waals surface area (Å²) in [5.74, 6) is -2.27. The molecule has 1 rings (SSSR count). The number of benzene rings is 1. The van der Waals surface area contributed by atoms with E-state index in [2.05, 4.69) is 0 Å². The molecule has 17 heavy (non-hydrogen) atoms. The van der Waals surface area contributed by atoms with E-state index >= 15 is 0 Å². The highest BCUT2D eigenvalue weighted by molar-refractivity contribution is 5.85. The van der Waals surface area contributed by atoms with Gasteiger partial charge >= 0.3 is 0 Å².